The number of hydrogen-bond acceptors (Lipinski definition) is 4. The first-order valence-corrected chi connectivity index (χ1v) is 9.24. The molecule has 5 nitrogen and oxygen atoms in total. The molecule has 1 atom stereocenters. The van der Waals surface area contributed by atoms with Crippen molar-refractivity contribution >= 4 is 17.5 Å². The van der Waals surface area contributed by atoms with Crippen molar-refractivity contribution in [2.75, 3.05) is 31.1 Å². The Morgan fingerprint density at radius 3 is 2.37 bits per heavy atom. The molecule has 0 unspecified atom stereocenters. The Bertz CT molecular complexity index is 834. The summed E-state index contributed by atoms with van der Waals surface area (Å²) in [4.78, 5) is 30.8. The van der Waals surface area contributed by atoms with Crippen molar-refractivity contribution in [3.05, 3.63) is 66.0 Å². The summed E-state index contributed by atoms with van der Waals surface area (Å²) in [5.74, 6) is -0.962. The van der Waals surface area contributed by atoms with Gasteiger partial charge in [-0.3, -0.25) is 19.4 Å². The van der Waals surface area contributed by atoms with Crippen molar-refractivity contribution in [1.29, 1.82) is 0 Å². The summed E-state index contributed by atoms with van der Waals surface area (Å²) in [6, 6.07) is 15.5. The Hall–Kier alpha value is -2.57. The zero-order valence-corrected chi connectivity index (χ0v) is 15.1. The van der Waals surface area contributed by atoms with E-state index in [1.54, 1.807) is 6.07 Å². The molecular formula is C21H22FN3O2. The summed E-state index contributed by atoms with van der Waals surface area (Å²) in [6.07, 6.45) is 0.161. The van der Waals surface area contributed by atoms with Crippen LogP contribution in [-0.2, 0) is 16.1 Å². The van der Waals surface area contributed by atoms with Crippen LogP contribution in [0.3, 0.4) is 0 Å². The molecule has 27 heavy (non-hydrogen) atoms. The summed E-state index contributed by atoms with van der Waals surface area (Å²) in [7, 11) is 0. The van der Waals surface area contributed by atoms with Crippen molar-refractivity contribution < 1.29 is 14.0 Å². The van der Waals surface area contributed by atoms with Gasteiger partial charge in [0.15, 0.2) is 0 Å². The van der Waals surface area contributed by atoms with E-state index in [1.165, 1.54) is 23.8 Å². The largest absolute Gasteiger partial charge is 0.297 e. The molecule has 140 valence electrons. The monoisotopic (exact) mass is 367 g/mol. The fraction of sp³-hybridized carbons (Fsp3) is 0.333. The van der Waals surface area contributed by atoms with Crippen LogP contribution in [0.2, 0.25) is 0 Å². The number of hydrogen-bond donors (Lipinski definition) is 0. The molecule has 6 heteroatoms. The summed E-state index contributed by atoms with van der Waals surface area (Å²) in [6.45, 7) is 4.09. The first kappa shape index (κ1) is 17.8. The molecule has 2 aromatic rings. The van der Waals surface area contributed by atoms with E-state index in [9.17, 15) is 14.0 Å². The van der Waals surface area contributed by atoms with Gasteiger partial charge in [-0.15, -0.1) is 0 Å². The third-order valence-electron chi connectivity index (χ3n) is 5.29. The quantitative estimate of drug-likeness (QED) is 0.778. The topological polar surface area (TPSA) is 43.9 Å². The zero-order chi connectivity index (χ0) is 18.8. The molecule has 4 rings (SSSR count). The maximum absolute atomic E-state index is 13.5. The molecule has 0 saturated carbocycles. The van der Waals surface area contributed by atoms with Crippen LogP contribution in [0.5, 0.6) is 0 Å². The summed E-state index contributed by atoms with van der Waals surface area (Å²) >= 11 is 0. The van der Waals surface area contributed by atoms with Crippen LogP contribution in [-0.4, -0.2) is 53.8 Å². The molecule has 2 aliphatic heterocycles. The molecule has 2 amide bonds. The third-order valence-corrected chi connectivity index (χ3v) is 5.29. The van der Waals surface area contributed by atoms with Gasteiger partial charge in [0.1, 0.15) is 5.82 Å². The van der Waals surface area contributed by atoms with Crippen LogP contribution in [0, 0.1) is 5.82 Å². The molecule has 0 spiro atoms. The first-order chi connectivity index (χ1) is 13.1. The standard InChI is InChI=1S/C21H22FN3O2/c22-17-7-4-8-18(13-17)25-20(26)14-19(21(25)27)24-11-9-23(10-12-24)15-16-5-2-1-3-6-16/h1-8,13,19H,9-12,14-15H2/t19-/m0/s1. The van der Waals surface area contributed by atoms with Gasteiger partial charge in [-0.05, 0) is 23.8 Å². The molecule has 0 N–H and O–H groups in total. The van der Waals surface area contributed by atoms with Crippen LogP contribution in [0.25, 0.3) is 0 Å². The molecule has 0 aliphatic carbocycles. The number of anilines is 1. The van der Waals surface area contributed by atoms with Gasteiger partial charge in [0.2, 0.25) is 5.91 Å². The van der Waals surface area contributed by atoms with Gasteiger partial charge in [-0.25, -0.2) is 9.29 Å². The van der Waals surface area contributed by atoms with Crippen LogP contribution >= 0.6 is 0 Å². The Labute approximate surface area is 158 Å². The smallest absolute Gasteiger partial charge is 0.251 e. The van der Waals surface area contributed by atoms with Crippen molar-refractivity contribution in [3.63, 3.8) is 0 Å². The molecule has 0 bridgehead atoms. The van der Waals surface area contributed by atoms with Gasteiger partial charge in [-0.1, -0.05) is 36.4 Å². The highest BCUT2D eigenvalue weighted by atomic mass is 19.1. The first-order valence-electron chi connectivity index (χ1n) is 9.24. The second kappa shape index (κ2) is 7.58. The van der Waals surface area contributed by atoms with E-state index in [0.29, 0.717) is 5.69 Å². The van der Waals surface area contributed by atoms with Gasteiger partial charge >= 0.3 is 0 Å². The lowest BCUT2D eigenvalue weighted by atomic mass is 10.1. The number of imide groups is 1. The number of benzene rings is 2. The predicted octanol–water partition coefficient (Wildman–Crippen LogP) is 2.28. The van der Waals surface area contributed by atoms with E-state index in [1.807, 2.05) is 18.2 Å². The number of nitrogens with zero attached hydrogens (tertiary/aromatic N) is 3. The minimum Gasteiger partial charge on any atom is -0.297 e. The third kappa shape index (κ3) is 3.77. The lowest BCUT2D eigenvalue weighted by molar-refractivity contribution is -0.123. The lowest BCUT2D eigenvalue weighted by Crippen LogP contribution is -2.52. The minimum atomic E-state index is -0.453. The van der Waals surface area contributed by atoms with Crippen LogP contribution in [0.4, 0.5) is 10.1 Å². The average molecular weight is 367 g/mol. The molecule has 2 aromatic carbocycles. The normalized spacial score (nSPS) is 21.8. The van der Waals surface area contributed by atoms with Gasteiger partial charge in [0.05, 0.1) is 18.2 Å². The fourth-order valence-electron chi connectivity index (χ4n) is 3.86. The van der Waals surface area contributed by atoms with E-state index in [-0.39, 0.29) is 18.2 Å². The molecule has 0 aromatic heterocycles. The number of halogens is 1. The van der Waals surface area contributed by atoms with E-state index in [4.69, 9.17) is 0 Å². The van der Waals surface area contributed by atoms with E-state index >= 15 is 0 Å². The molecular weight excluding hydrogens is 345 g/mol. The molecule has 2 heterocycles. The van der Waals surface area contributed by atoms with E-state index < -0.39 is 11.9 Å². The second-order valence-electron chi connectivity index (χ2n) is 7.06. The second-order valence-corrected chi connectivity index (χ2v) is 7.06. The van der Waals surface area contributed by atoms with Crippen molar-refractivity contribution in [3.8, 4) is 0 Å². The summed E-state index contributed by atoms with van der Waals surface area (Å²) < 4.78 is 13.5. The Morgan fingerprint density at radius 1 is 0.926 bits per heavy atom. The number of amides is 2. The van der Waals surface area contributed by atoms with Gasteiger partial charge < -0.3 is 0 Å². The maximum Gasteiger partial charge on any atom is 0.251 e. The fourth-order valence-corrected chi connectivity index (χ4v) is 3.86. The Kier molecular flexibility index (Phi) is 5.01. The highest BCUT2D eigenvalue weighted by Crippen LogP contribution is 2.27. The van der Waals surface area contributed by atoms with Gasteiger partial charge in [0.25, 0.3) is 5.91 Å². The van der Waals surface area contributed by atoms with Crippen molar-refractivity contribution in [1.82, 2.24) is 9.80 Å². The van der Waals surface area contributed by atoms with E-state index in [0.717, 1.165) is 37.6 Å². The van der Waals surface area contributed by atoms with Gasteiger partial charge in [-0.2, -0.15) is 0 Å². The Morgan fingerprint density at radius 2 is 1.67 bits per heavy atom. The predicted molar refractivity (Wildman–Crippen MR) is 101 cm³/mol. The van der Waals surface area contributed by atoms with Crippen LogP contribution in [0.15, 0.2) is 54.6 Å². The molecule has 2 saturated heterocycles. The van der Waals surface area contributed by atoms with Crippen LogP contribution < -0.4 is 4.90 Å². The van der Waals surface area contributed by atoms with Crippen LogP contribution in [0.1, 0.15) is 12.0 Å². The summed E-state index contributed by atoms with van der Waals surface area (Å²) in [5, 5.41) is 0. The highest BCUT2D eigenvalue weighted by molar-refractivity contribution is 6.22. The molecule has 2 fully saturated rings. The number of piperazine rings is 1. The van der Waals surface area contributed by atoms with Gasteiger partial charge in [0, 0.05) is 32.7 Å². The van der Waals surface area contributed by atoms with E-state index in [2.05, 4.69) is 21.9 Å². The lowest BCUT2D eigenvalue weighted by Gasteiger charge is -2.37. The summed E-state index contributed by atoms with van der Waals surface area (Å²) in [5.41, 5.74) is 1.59. The number of carbonyl (C=O) groups is 2. The zero-order valence-electron chi connectivity index (χ0n) is 15.1. The average Bonchev–Trinajstić information content (AvgIpc) is 2.97. The maximum atomic E-state index is 13.5. The number of carbonyl (C=O) groups excluding carboxylic acids is 2. The molecule has 0 radical (unpaired) electrons. The Balaban J connectivity index is 1.39. The SMILES string of the molecule is O=C1C[C@H](N2CCN(Cc3ccccc3)CC2)C(=O)N1c1cccc(F)c1. The molecule has 2 aliphatic rings. The minimum absolute atomic E-state index is 0.161. The van der Waals surface area contributed by atoms with Crippen molar-refractivity contribution in [2.24, 2.45) is 0 Å². The number of rotatable bonds is 4. The highest BCUT2D eigenvalue weighted by Gasteiger charge is 2.43. The van der Waals surface area contributed by atoms with Crippen molar-refractivity contribution in [2.45, 2.75) is 19.0 Å².